The van der Waals surface area contributed by atoms with E-state index in [0.717, 1.165) is 0 Å². The Kier molecular flexibility index (Phi) is 41.3. The SMILES string of the molecule is COC(=O)CN1CCN(CC(=O)OC)CCN([C@H](CCC(=O)N[C@H](Cc2ccc(O)c(I)c2)C(=O)N[C@H](Cc2ccccc2)C(=O)N[C@H](CCCCNC(=O)CCCCCCC(=O)NCCCC[C@@H](C=O)NC(=O)N[C@@H](CCC(=O)O)C(=O)O)C(=O)O)C(=O)O)CCN(CC(=O)OC)CC1. The third-order valence-electron chi connectivity index (χ3n) is 16.4. The minimum atomic E-state index is -1.45. The predicted octanol–water partition coefficient (Wildman–Crippen LogP) is 0.393. The van der Waals surface area contributed by atoms with Crippen LogP contribution in [0.4, 0.5) is 4.79 Å². The molecule has 1 fully saturated rings. The molecule has 1 aliphatic rings. The van der Waals surface area contributed by atoms with Gasteiger partial charge in [-0.1, -0.05) is 49.2 Å². The fraction of sp³-hybridized carbons (Fsp3) is 0.606. The monoisotopic (exact) mass is 1520 g/mol. The second-order valence-electron chi connectivity index (χ2n) is 24.0. The van der Waals surface area contributed by atoms with Crippen molar-refractivity contribution in [3.8, 4) is 5.75 Å². The number of rotatable bonds is 45. The lowest BCUT2D eigenvalue weighted by Crippen LogP contribution is -2.57. The van der Waals surface area contributed by atoms with Crippen LogP contribution >= 0.6 is 22.6 Å². The molecule has 100 heavy (non-hydrogen) atoms. The van der Waals surface area contributed by atoms with E-state index < -0.39 is 115 Å². The number of methoxy groups -OCH3 is 3. The molecular weight excluding hydrogens is 1430 g/mol. The number of aromatic hydroxyl groups is 1. The first-order valence-electron chi connectivity index (χ1n) is 33.2. The number of ether oxygens (including phenoxy) is 3. The summed E-state index contributed by atoms with van der Waals surface area (Å²) in [5, 5.41) is 67.5. The number of unbranched alkanes of at least 4 members (excludes halogenated alkanes) is 5. The molecule has 1 heterocycles. The Hall–Kier alpha value is -8.61. The van der Waals surface area contributed by atoms with E-state index in [1.54, 1.807) is 51.1 Å². The van der Waals surface area contributed by atoms with E-state index in [9.17, 15) is 87.5 Å². The summed E-state index contributed by atoms with van der Waals surface area (Å²) in [7, 11) is 3.73. The molecule has 1 saturated heterocycles. The number of phenolic OH excluding ortho intramolecular Hbond substituents is 1. The molecule has 3 rings (SSSR count). The first-order valence-corrected chi connectivity index (χ1v) is 34.3. The van der Waals surface area contributed by atoms with Gasteiger partial charge in [0, 0.05) is 104 Å². The quantitative estimate of drug-likeness (QED) is 0.0140. The van der Waals surface area contributed by atoms with E-state index in [-0.39, 0.29) is 154 Å². The van der Waals surface area contributed by atoms with Crippen molar-refractivity contribution in [2.24, 2.45) is 0 Å². The van der Waals surface area contributed by atoms with Gasteiger partial charge in [-0.05, 0) is 110 Å². The number of aldehydes is 1. The average molecular weight is 1520 g/mol. The molecule has 7 amide bonds. The summed E-state index contributed by atoms with van der Waals surface area (Å²) in [6.45, 7) is 1.60. The van der Waals surface area contributed by atoms with Crippen LogP contribution in [0.3, 0.4) is 0 Å². The highest BCUT2D eigenvalue weighted by Gasteiger charge is 2.33. The van der Waals surface area contributed by atoms with Crippen molar-refractivity contribution < 1.29 is 107 Å². The number of halogens is 1. The number of esters is 3. The van der Waals surface area contributed by atoms with Crippen LogP contribution < -0.4 is 37.2 Å². The number of hydrogen-bond donors (Lipinski definition) is 12. The molecule has 0 bridgehead atoms. The number of carbonyl (C=O) groups excluding carboxylic acids is 10. The lowest BCUT2D eigenvalue weighted by Gasteiger charge is -2.35. The van der Waals surface area contributed by atoms with Gasteiger partial charge in [-0.25, -0.2) is 14.4 Å². The Morgan fingerprint density at radius 2 is 0.950 bits per heavy atom. The maximum atomic E-state index is 14.6. The van der Waals surface area contributed by atoms with E-state index in [2.05, 4.69) is 37.2 Å². The Morgan fingerprint density at radius 3 is 1.42 bits per heavy atom. The summed E-state index contributed by atoms with van der Waals surface area (Å²) in [4.78, 5) is 184. The van der Waals surface area contributed by atoms with Crippen LogP contribution in [0.15, 0.2) is 48.5 Å². The number of nitrogens with zero attached hydrogens (tertiary/aromatic N) is 4. The summed E-state index contributed by atoms with van der Waals surface area (Å²) >= 11 is 1.90. The molecular formula is C66H98IN11O22. The summed E-state index contributed by atoms with van der Waals surface area (Å²) in [6.07, 6.45) is 3.34. The van der Waals surface area contributed by atoms with Crippen LogP contribution in [-0.2, 0) is 89.4 Å². The fourth-order valence-corrected chi connectivity index (χ4v) is 11.2. The van der Waals surface area contributed by atoms with Crippen molar-refractivity contribution in [3.05, 3.63) is 63.2 Å². The first kappa shape index (κ1) is 85.6. The first-order chi connectivity index (χ1) is 47.7. The molecule has 2 aromatic carbocycles. The van der Waals surface area contributed by atoms with Gasteiger partial charge in [0.05, 0.1) is 50.6 Å². The summed E-state index contributed by atoms with van der Waals surface area (Å²) in [6, 6.07) is 4.27. The second-order valence-corrected chi connectivity index (χ2v) is 25.2. The van der Waals surface area contributed by atoms with E-state index in [1.165, 1.54) is 33.5 Å². The molecule has 12 N–H and O–H groups in total. The smallest absolute Gasteiger partial charge is 0.326 e. The Balaban J connectivity index is 1.60. The molecule has 34 heteroatoms. The summed E-state index contributed by atoms with van der Waals surface area (Å²) < 4.78 is 15.2. The maximum absolute atomic E-state index is 14.6. The lowest BCUT2D eigenvalue weighted by molar-refractivity contribution is -0.146. The number of carboxylic acids is 4. The Labute approximate surface area is 594 Å². The van der Waals surface area contributed by atoms with E-state index in [1.807, 2.05) is 27.5 Å². The van der Waals surface area contributed by atoms with Gasteiger partial charge in [-0.15, -0.1) is 0 Å². The van der Waals surface area contributed by atoms with Crippen LogP contribution in [0.5, 0.6) is 5.75 Å². The van der Waals surface area contributed by atoms with E-state index in [0.29, 0.717) is 72.5 Å². The molecule has 6 atom stereocenters. The molecule has 0 saturated carbocycles. The Bertz CT molecular complexity index is 2970. The van der Waals surface area contributed by atoms with Gasteiger partial charge in [0.1, 0.15) is 42.2 Å². The number of carbonyl (C=O) groups is 14. The van der Waals surface area contributed by atoms with Crippen molar-refractivity contribution in [3.63, 3.8) is 0 Å². The lowest BCUT2D eigenvalue weighted by atomic mass is 10.0. The highest BCUT2D eigenvalue weighted by atomic mass is 127. The van der Waals surface area contributed by atoms with Crippen LogP contribution in [0.2, 0.25) is 0 Å². The predicted molar refractivity (Wildman–Crippen MR) is 367 cm³/mol. The number of carboxylic acid groups (broad SMARTS) is 4. The summed E-state index contributed by atoms with van der Waals surface area (Å²) in [5.41, 5.74) is 1.08. The number of nitrogens with one attached hydrogen (secondary N) is 7. The van der Waals surface area contributed by atoms with Gasteiger partial charge in [0.15, 0.2) is 0 Å². The standard InChI is InChI=1S/C66H98IN11O22/c1-98-58(86)40-75-29-31-76(41-59(87)99-2)33-35-78(36-34-77(32-30-75)42-60(88)100-3)52(65(95)96)23-25-56(83)71-50(39-45-21-24-53(80)47(67)37-45)61(89)73-51(38-44-15-7-6-8-16-44)62(90)72-48(63(91)92)18-12-14-28-69-55(82)20-10-5-4-9-19-54(81)68-27-13-11-17-46(43-79)70-66(97)74-49(64(93)94)22-26-57(84)85/h6-8,15-16,21,24,37,43,46,48-52,80H,4-5,9-14,17-20,22-23,25-36,38-42H2,1-3H3,(H,68,81)(H,69,82)(H,71,83)(H,72,90)(H,73,89)(H,84,85)(H,91,92)(H,93,94)(H,95,96)(H2,70,74,97)/t46-,48+,49-,50+,51+,52+/m0/s1. The fourth-order valence-electron chi connectivity index (χ4n) is 10.6. The zero-order valence-electron chi connectivity index (χ0n) is 56.9. The topological polar surface area (TPSA) is 465 Å². The third-order valence-corrected chi connectivity index (χ3v) is 17.3. The molecule has 2 aromatic rings. The molecule has 0 aliphatic carbocycles. The van der Waals surface area contributed by atoms with Crippen molar-refractivity contribution in [1.82, 2.24) is 56.8 Å². The maximum Gasteiger partial charge on any atom is 0.326 e. The van der Waals surface area contributed by atoms with Gasteiger partial charge in [-0.2, -0.15) is 0 Å². The minimum Gasteiger partial charge on any atom is -0.507 e. The molecule has 556 valence electrons. The number of aliphatic carboxylic acids is 4. The van der Waals surface area contributed by atoms with Gasteiger partial charge in [0.2, 0.25) is 29.5 Å². The van der Waals surface area contributed by atoms with Crippen molar-refractivity contribution in [2.45, 2.75) is 152 Å². The van der Waals surface area contributed by atoms with Crippen LogP contribution in [0.1, 0.15) is 114 Å². The zero-order valence-corrected chi connectivity index (χ0v) is 59.1. The highest BCUT2D eigenvalue weighted by Crippen LogP contribution is 2.22. The van der Waals surface area contributed by atoms with Gasteiger partial charge >= 0.3 is 47.8 Å². The Morgan fingerprint density at radius 1 is 0.480 bits per heavy atom. The number of amides is 7. The van der Waals surface area contributed by atoms with E-state index in [4.69, 9.17) is 19.3 Å². The molecule has 33 nitrogen and oxygen atoms in total. The highest BCUT2D eigenvalue weighted by molar-refractivity contribution is 14.1. The minimum absolute atomic E-state index is 0.0468. The van der Waals surface area contributed by atoms with Crippen LogP contribution in [0, 0.1) is 3.57 Å². The average Bonchev–Trinajstić information content (AvgIpc) is 0.856. The van der Waals surface area contributed by atoms with E-state index >= 15 is 0 Å². The number of hydrogen-bond acceptors (Lipinski definition) is 22. The number of urea groups is 1. The molecule has 0 unspecified atom stereocenters. The van der Waals surface area contributed by atoms with Gasteiger partial charge in [0.25, 0.3) is 0 Å². The van der Waals surface area contributed by atoms with Crippen LogP contribution in [0.25, 0.3) is 0 Å². The van der Waals surface area contributed by atoms with Gasteiger partial charge < -0.3 is 81.8 Å². The molecule has 0 radical (unpaired) electrons. The normalized spacial score (nSPS) is 15.2. The van der Waals surface area contributed by atoms with Crippen molar-refractivity contribution in [2.75, 3.05) is 106 Å². The number of benzene rings is 2. The third kappa shape index (κ3) is 35.9. The van der Waals surface area contributed by atoms with Gasteiger partial charge in [-0.3, -0.25) is 67.5 Å². The number of phenols is 1. The zero-order chi connectivity index (χ0) is 73.9. The second kappa shape index (κ2) is 48.2. The largest absolute Gasteiger partial charge is 0.507 e. The van der Waals surface area contributed by atoms with Crippen molar-refractivity contribution in [1.29, 1.82) is 0 Å². The molecule has 0 spiro atoms. The van der Waals surface area contributed by atoms with Crippen LogP contribution in [-0.4, -0.2) is 271 Å². The van der Waals surface area contributed by atoms with Crippen molar-refractivity contribution >= 4 is 106 Å². The summed E-state index contributed by atoms with van der Waals surface area (Å²) in [5.74, 6) is -9.78. The molecule has 1 aliphatic heterocycles. The molecule has 0 aromatic heterocycles.